The topological polar surface area (TPSA) is 9.23 Å². The normalized spacial score (nSPS) is 20.6. The van der Waals surface area contributed by atoms with Gasteiger partial charge in [-0.05, 0) is 0 Å². The second-order valence-corrected chi connectivity index (χ2v) is 1.48. The van der Waals surface area contributed by atoms with Crippen LogP contribution in [0.25, 0.3) is 0 Å². The SMILES string of the molecule is [CH-]1CCOCC1.[Na+]. The van der Waals surface area contributed by atoms with Crippen LogP contribution in [0.5, 0.6) is 0 Å². The molecule has 0 aromatic heterocycles. The van der Waals surface area contributed by atoms with E-state index in [4.69, 9.17) is 4.74 Å². The van der Waals surface area contributed by atoms with E-state index in [0.717, 1.165) is 26.1 Å². The Morgan fingerprint density at radius 3 is 1.86 bits per heavy atom. The van der Waals surface area contributed by atoms with Gasteiger partial charge in [0, 0.05) is 13.2 Å². The fourth-order valence-corrected chi connectivity index (χ4v) is 0.580. The van der Waals surface area contributed by atoms with Crippen LogP contribution in [0, 0.1) is 6.42 Å². The predicted octanol–water partition coefficient (Wildman–Crippen LogP) is -1.99. The summed E-state index contributed by atoms with van der Waals surface area (Å²) in [5.74, 6) is 0. The maximum Gasteiger partial charge on any atom is 1.00 e. The van der Waals surface area contributed by atoms with Crippen molar-refractivity contribution >= 4 is 0 Å². The fraction of sp³-hybridized carbons (Fsp3) is 0.800. The molecule has 1 fully saturated rings. The van der Waals surface area contributed by atoms with Crippen LogP contribution in [0.3, 0.4) is 0 Å². The van der Waals surface area contributed by atoms with Gasteiger partial charge in [-0.3, -0.25) is 0 Å². The quantitative estimate of drug-likeness (QED) is 0.258. The van der Waals surface area contributed by atoms with Gasteiger partial charge in [0.25, 0.3) is 0 Å². The van der Waals surface area contributed by atoms with Gasteiger partial charge in [-0.1, -0.05) is 0 Å². The summed E-state index contributed by atoms with van der Waals surface area (Å²) in [5, 5.41) is 0. The predicted molar refractivity (Wildman–Crippen MR) is 24.4 cm³/mol. The maximum atomic E-state index is 5.04. The third-order valence-electron chi connectivity index (χ3n) is 0.933. The zero-order valence-electron chi connectivity index (χ0n) is 4.81. The second-order valence-electron chi connectivity index (χ2n) is 1.48. The molecule has 0 amide bonds. The molecule has 0 aromatic carbocycles. The molecule has 0 N–H and O–H groups in total. The Bertz CT molecular complexity index is 23.6. The Balaban J connectivity index is 0.000000360. The summed E-state index contributed by atoms with van der Waals surface area (Å²) in [6, 6.07) is 0. The molecule has 0 atom stereocenters. The summed E-state index contributed by atoms with van der Waals surface area (Å²) < 4.78 is 5.04. The summed E-state index contributed by atoms with van der Waals surface area (Å²) in [4.78, 5) is 0. The molecule has 0 bridgehead atoms. The van der Waals surface area contributed by atoms with Crippen LogP contribution in [-0.4, -0.2) is 13.2 Å². The third kappa shape index (κ3) is 3.53. The molecule has 1 heterocycles. The molecule has 1 nitrogen and oxygen atoms in total. The largest absolute Gasteiger partial charge is 1.00 e. The van der Waals surface area contributed by atoms with E-state index in [1.807, 2.05) is 0 Å². The molecule has 0 spiro atoms. The van der Waals surface area contributed by atoms with Crippen molar-refractivity contribution in [1.29, 1.82) is 0 Å². The molecule has 7 heavy (non-hydrogen) atoms. The minimum Gasteiger partial charge on any atom is -0.387 e. The molecular formula is C5H9NaO. The Labute approximate surface area is 66.7 Å². The first kappa shape index (κ1) is 7.96. The van der Waals surface area contributed by atoms with Crippen molar-refractivity contribution in [3.8, 4) is 0 Å². The summed E-state index contributed by atoms with van der Waals surface area (Å²) in [6.07, 6.45) is 4.57. The van der Waals surface area contributed by atoms with Crippen LogP contribution in [-0.2, 0) is 4.74 Å². The molecular weight excluding hydrogens is 99.0 g/mol. The summed E-state index contributed by atoms with van der Waals surface area (Å²) in [6.45, 7) is 1.89. The maximum absolute atomic E-state index is 5.04. The monoisotopic (exact) mass is 108 g/mol. The molecule has 0 aromatic rings. The van der Waals surface area contributed by atoms with Gasteiger partial charge in [-0.2, -0.15) is 12.8 Å². The molecule has 0 radical (unpaired) electrons. The first-order valence-corrected chi connectivity index (χ1v) is 2.39. The van der Waals surface area contributed by atoms with Crippen LogP contribution >= 0.6 is 0 Å². The first-order chi connectivity index (χ1) is 3.00. The molecule has 1 saturated heterocycles. The molecule has 2 heteroatoms. The van der Waals surface area contributed by atoms with Crippen molar-refractivity contribution in [2.75, 3.05) is 13.2 Å². The van der Waals surface area contributed by atoms with E-state index in [0.29, 0.717) is 0 Å². The Kier molecular flexibility index (Phi) is 5.80. The zero-order chi connectivity index (χ0) is 4.24. The van der Waals surface area contributed by atoms with Gasteiger partial charge in [-0.25, -0.2) is 0 Å². The zero-order valence-corrected chi connectivity index (χ0v) is 6.81. The minimum atomic E-state index is 0. The van der Waals surface area contributed by atoms with E-state index in [1.54, 1.807) is 0 Å². The molecule has 0 saturated carbocycles. The number of ether oxygens (including phenoxy) is 1. The van der Waals surface area contributed by atoms with Gasteiger partial charge < -0.3 is 11.2 Å². The van der Waals surface area contributed by atoms with Gasteiger partial charge in [0.15, 0.2) is 0 Å². The molecule has 1 rings (SSSR count). The van der Waals surface area contributed by atoms with Crippen molar-refractivity contribution in [1.82, 2.24) is 0 Å². The third-order valence-corrected chi connectivity index (χ3v) is 0.933. The van der Waals surface area contributed by atoms with E-state index >= 15 is 0 Å². The molecule has 1 aliphatic rings. The van der Waals surface area contributed by atoms with Crippen LogP contribution in [0.2, 0.25) is 0 Å². The van der Waals surface area contributed by atoms with Crippen LogP contribution in [0.4, 0.5) is 0 Å². The van der Waals surface area contributed by atoms with Gasteiger partial charge in [-0.15, -0.1) is 0 Å². The van der Waals surface area contributed by atoms with Crippen molar-refractivity contribution < 1.29 is 34.3 Å². The summed E-state index contributed by atoms with van der Waals surface area (Å²) in [7, 11) is 0. The second kappa shape index (κ2) is 5.10. The van der Waals surface area contributed by atoms with Gasteiger partial charge in [0.2, 0.25) is 0 Å². The summed E-state index contributed by atoms with van der Waals surface area (Å²) in [5.41, 5.74) is 0. The van der Waals surface area contributed by atoms with E-state index < -0.39 is 0 Å². The van der Waals surface area contributed by atoms with Crippen molar-refractivity contribution in [3.05, 3.63) is 6.42 Å². The average molecular weight is 108 g/mol. The van der Waals surface area contributed by atoms with Crippen LogP contribution in [0.15, 0.2) is 0 Å². The first-order valence-electron chi connectivity index (χ1n) is 2.39. The number of rotatable bonds is 0. The molecule has 0 unspecified atom stereocenters. The smallest absolute Gasteiger partial charge is 0.387 e. The molecule has 0 aliphatic carbocycles. The van der Waals surface area contributed by atoms with Gasteiger partial charge in [0.05, 0.1) is 0 Å². The summed E-state index contributed by atoms with van der Waals surface area (Å²) >= 11 is 0. The number of hydrogen-bond acceptors (Lipinski definition) is 1. The number of hydrogen-bond donors (Lipinski definition) is 0. The van der Waals surface area contributed by atoms with Gasteiger partial charge >= 0.3 is 29.6 Å². The minimum absolute atomic E-state index is 0. The molecule has 36 valence electrons. The van der Waals surface area contributed by atoms with Crippen LogP contribution in [0.1, 0.15) is 12.8 Å². The Morgan fingerprint density at radius 1 is 1.14 bits per heavy atom. The Morgan fingerprint density at radius 2 is 1.71 bits per heavy atom. The van der Waals surface area contributed by atoms with E-state index in [2.05, 4.69) is 6.42 Å². The standard InChI is InChI=1S/C5H9O.Na/c1-2-4-6-5-3-1;/h1H,2-5H2;/q-1;+1. The average Bonchev–Trinajstić information content (AvgIpc) is 1.72. The van der Waals surface area contributed by atoms with E-state index in [9.17, 15) is 0 Å². The van der Waals surface area contributed by atoms with Crippen molar-refractivity contribution in [2.45, 2.75) is 12.8 Å². The van der Waals surface area contributed by atoms with Gasteiger partial charge in [0.1, 0.15) is 0 Å². The fourth-order valence-electron chi connectivity index (χ4n) is 0.580. The van der Waals surface area contributed by atoms with Crippen LogP contribution < -0.4 is 29.6 Å². The Hall–Kier alpha value is 0.960. The van der Waals surface area contributed by atoms with E-state index in [1.165, 1.54) is 0 Å². The van der Waals surface area contributed by atoms with E-state index in [-0.39, 0.29) is 29.6 Å². The van der Waals surface area contributed by atoms with Crippen molar-refractivity contribution in [2.24, 2.45) is 0 Å². The van der Waals surface area contributed by atoms with Crippen molar-refractivity contribution in [3.63, 3.8) is 0 Å². The molecule has 1 aliphatic heterocycles.